The first-order chi connectivity index (χ1) is 10.7. The van der Waals surface area contributed by atoms with Crippen LogP contribution in [-0.2, 0) is 0 Å². The number of amides is 1. The number of nitrogens with zero attached hydrogens (tertiary/aromatic N) is 2. The lowest BCUT2D eigenvalue weighted by molar-refractivity contribution is 0.0714. The Hall–Kier alpha value is -1.83. The molecule has 1 amide bonds. The molecule has 1 aromatic carbocycles. The first kappa shape index (κ1) is 16.5. The van der Waals surface area contributed by atoms with E-state index in [-0.39, 0.29) is 31.5 Å². The molecule has 0 aliphatic carbocycles. The fourth-order valence-electron chi connectivity index (χ4n) is 1.99. The molecule has 5 nitrogen and oxygen atoms in total. The highest BCUT2D eigenvalue weighted by atomic mass is 32.1. The van der Waals surface area contributed by atoms with Gasteiger partial charge in [0.25, 0.3) is 5.91 Å². The van der Waals surface area contributed by atoms with Gasteiger partial charge in [-0.05, 0) is 18.6 Å². The number of hydrogen-bond donors (Lipinski definition) is 2. The van der Waals surface area contributed by atoms with Gasteiger partial charge in [-0.2, -0.15) is 0 Å². The minimum absolute atomic E-state index is 0.0294. The monoisotopic (exact) mass is 324 g/mol. The first-order valence-corrected chi connectivity index (χ1v) is 7.70. The van der Waals surface area contributed by atoms with Crippen molar-refractivity contribution in [3.05, 3.63) is 41.2 Å². The predicted octanol–water partition coefficient (Wildman–Crippen LogP) is 1.77. The van der Waals surface area contributed by atoms with Gasteiger partial charge in [0.05, 0.1) is 12.8 Å². The van der Waals surface area contributed by atoms with E-state index in [2.05, 4.69) is 4.98 Å². The second-order valence-electron chi connectivity index (χ2n) is 4.60. The summed E-state index contributed by atoms with van der Waals surface area (Å²) in [5.41, 5.74) is 0.357. The van der Waals surface area contributed by atoms with E-state index in [0.29, 0.717) is 28.4 Å². The van der Waals surface area contributed by atoms with E-state index in [1.807, 2.05) is 0 Å². The number of benzene rings is 1. The van der Waals surface area contributed by atoms with Crippen molar-refractivity contribution in [2.45, 2.75) is 6.42 Å². The summed E-state index contributed by atoms with van der Waals surface area (Å²) in [6.07, 6.45) is 1.85. The molecule has 0 atom stereocenters. The molecule has 2 N–H and O–H groups in total. The van der Waals surface area contributed by atoms with Gasteiger partial charge in [-0.25, -0.2) is 9.37 Å². The van der Waals surface area contributed by atoms with Crippen molar-refractivity contribution in [2.24, 2.45) is 0 Å². The highest BCUT2D eigenvalue weighted by molar-refractivity contribution is 7.16. The predicted molar refractivity (Wildman–Crippen MR) is 82.2 cm³/mol. The molecule has 0 fully saturated rings. The van der Waals surface area contributed by atoms with Crippen LogP contribution in [0.3, 0.4) is 0 Å². The smallest absolute Gasteiger partial charge is 0.265 e. The molecule has 22 heavy (non-hydrogen) atoms. The van der Waals surface area contributed by atoms with Gasteiger partial charge in [0, 0.05) is 25.3 Å². The molecule has 1 heterocycles. The Morgan fingerprint density at radius 2 is 2.00 bits per heavy atom. The van der Waals surface area contributed by atoms with E-state index in [0.717, 1.165) is 11.3 Å². The van der Waals surface area contributed by atoms with Crippen LogP contribution in [0, 0.1) is 5.82 Å². The summed E-state index contributed by atoms with van der Waals surface area (Å²) in [6, 6.07) is 6.26. The molecule has 0 radical (unpaired) electrons. The molecule has 0 spiro atoms. The third kappa shape index (κ3) is 3.88. The lowest BCUT2D eigenvalue weighted by atomic mass is 10.2. The van der Waals surface area contributed by atoms with Gasteiger partial charge in [-0.3, -0.25) is 4.79 Å². The SMILES string of the molecule is O=C(c1cnc(-c2ccccc2F)s1)N(CCO)CCCO. The summed E-state index contributed by atoms with van der Waals surface area (Å²) in [5.74, 6) is -0.661. The Morgan fingerprint density at radius 3 is 2.68 bits per heavy atom. The van der Waals surface area contributed by atoms with Gasteiger partial charge in [-0.15, -0.1) is 11.3 Å². The van der Waals surface area contributed by atoms with Crippen LogP contribution in [-0.4, -0.2) is 52.3 Å². The lowest BCUT2D eigenvalue weighted by Gasteiger charge is -2.20. The molecule has 2 aromatic rings. The maximum absolute atomic E-state index is 13.7. The van der Waals surface area contributed by atoms with Crippen molar-refractivity contribution < 1.29 is 19.4 Å². The highest BCUT2D eigenvalue weighted by Gasteiger charge is 2.19. The average molecular weight is 324 g/mol. The van der Waals surface area contributed by atoms with Crippen LogP contribution in [0.4, 0.5) is 4.39 Å². The molecule has 118 valence electrons. The molecule has 0 aliphatic heterocycles. The molecule has 0 unspecified atom stereocenters. The first-order valence-electron chi connectivity index (χ1n) is 6.89. The van der Waals surface area contributed by atoms with Gasteiger partial charge in [-0.1, -0.05) is 12.1 Å². The summed E-state index contributed by atoms with van der Waals surface area (Å²) in [4.78, 5) is 18.3. The van der Waals surface area contributed by atoms with Crippen molar-refractivity contribution in [1.29, 1.82) is 0 Å². The van der Waals surface area contributed by atoms with Crippen LogP contribution in [0.1, 0.15) is 16.1 Å². The summed E-state index contributed by atoms with van der Waals surface area (Å²) in [5, 5.41) is 18.3. The number of aliphatic hydroxyl groups is 2. The molecule has 0 bridgehead atoms. The van der Waals surface area contributed by atoms with Crippen LogP contribution in [0.5, 0.6) is 0 Å². The zero-order valence-electron chi connectivity index (χ0n) is 11.9. The zero-order valence-corrected chi connectivity index (χ0v) is 12.7. The molecular formula is C15H17FN2O3S. The van der Waals surface area contributed by atoms with Crippen LogP contribution in [0.25, 0.3) is 10.6 Å². The number of aromatic nitrogens is 1. The van der Waals surface area contributed by atoms with E-state index >= 15 is 0 Å². The normalized spacial score (nSPS) is 10.7. The van der Waals surface area contributed by atoms with Crippen molar-refractivity contribution >= 4 is 17.2 Å². The lowest BCUT2D eigenvalue weighted by Crippen LogP contribution is -2.34. The maximum Gasteiger partial charge on any atom is 0.265 e. The number of aliphatic hydroxyl groups excluding tert-OH is 2. The maximum atomic E-state index is 13.7. The van der Waals surface area contributed by atoms with Gasteiger partial charge in [0.2, 0.25) is 0 Å². The molecule has 0 saturated heterocycles. The number of hydrogen-bond acceptors (Lipinski definition) is 5. The topological polar surface area (TPSA) is 73.7 Å². The molecule has 1 aromatic heterocycles. The Balaban J connectivity index is 2.19. The minimum Gasteiger partial charge on any atom is -0.396 e. The number of carbonyl (C=O) groups excluding carboxylic acids is 1. The third-order valence-electron chi connectivity index (χ3n) is 3.06. The fraction of sp³-hybridized carbons (Fsp3) is 0.333. The number of carbonyl (C=O) groups is 1. The van der Waals surface area contributed by atoms with Crippen LogP contribution < -0.4 is 0 Å². The molecule has 2 rings (SSSR count). The minimum atomic E-state index is -0.386. The third-order valence-corrected chi connectivity index (χ3v) is 4.08. The van der Waals surface area contributed by atoms with Crippen LogP contribution in [0.15, 0.2) is 30.5 Å². The van der Waals surface area contributed by atoms with Crippen molar-refractivity contribution in [3.63, 3.8) is 0 Å². The van der Waals surface area contributed by atoms with E-state index in [9.17, 15) is 9.18 Å². The van der Waals surface area contributed by atoms with Crippen molar-refractivity contribution in [3.8, 4) is 10.6 Å². The van der Waals surface area contributed by atoms with Gasteiger partial charge >= 0.3 is 0 Å². The Labute approximate surface area is 131 Å². The number of halogens is 1. The fourth-order valence-corrected chi connectivity index (χ4v) is 2.90. The Kier molecular flexibility index (Phi) is 6.00. The van der Waals surface area contributed by atoms with Crippen molar-refractivity contribution in [2.75, 3.05) is 26.3 Å². The zero-order chi connectivity index (χ0) is 15.9. The summed E-state index contributed by atoms with van der Waals surface area (Å²) in [7, 11) is 0. The van der Waals surface area contributed by atoms with Gasteiger partial charge in [0.1, 0.15) is 15.7 Å². The van der Waals surface area contributed by atoms with E-state index < -0.39 is 0 Å². The second-order valence-corrected chi connectivity index (χ2v) is 5.63. The molecule has 0 aliphatic rings. The molecular weight excluding hydrogens is 307 g/mol. The second kappa shape index (κ2) is 7.98. The highest BCUT2D eigenvalue weighted by Crippen LogP contribution is 2.27. The van der Waals surface area contributed by atoms with Gasteiger partial charge < -0.3 is 15.1 Å². The summed E-state index contributed by atoms with van der Waals surface area (Å²) < 4.78 is 13.7. The molecule has 0 saturated carbocycles. The average Bonchev–Trinajstić information content (AvgIpc) is 3.01. The van der Waals surface area contributed by atoms with Crippen LogP contribution >= 0.6 is 11.3 Å². The molecule has 7 heteroatoms. The van der Waals surface area contributed by atoms with Gasteiger partial charge in [0.15, 0.2) is 0 Å². The Bertz CT molecular complexity index is 633. The largest absolute Gasteiger partial charge is 0.396 e. The van der Waals surface area contributed by atoms with Crippen molar-refractivity contribution in [1.82, 2.24) is 9.88 Å². The van der Waals surface area contributed by atoms with Crippen LogP contribution in [0.2, 0.25) is 0 Å². The number of thiazole rings is 1. The number of rotatable bonds is 7. The van der Waals surface area contributed by atoms with E-state index in [1.54, 1.807) is 18.2 Å². The quantitative estimate of drug-likeness (QED) is 0.814. The summed E-state index contributed by atoms with van der Waals surface area (Å²) >= 11 is 1.11. The van der Waals surface area contributed by atoms with E-state index in [4.69, 9.17) is 10.2 Å². The Morgan fingerprint density at radius 1 is 1.23 bits per heavy atom. The van der Waals surface area contributed by atoms with E-state index in [1.165, 1.54) is 17.2 Å². The standard InChI is InChI=1S/C15H17FN2O3S/c16-12-5-2-1-4-11(12)14-17-10-13(22-14)15(21)18(7-9-20)6-3-8-19/h1-2,4-5,10,19-20H,3,6-9H2. The summed E-state index contributed by atoms with van der Waals surface area (Å²) in [6.45, 7) is 0.350.